The topological polar surface area (TPSA) is 49.4 Å². The second-order valence-electron chi connectivity index (χ2n) is 6.41. The third-order valence-corrected chi connectivity index (χ3v) is 4.67. The van der Waals surface area contributed by atoms with Crippen molar-refractivity contribution in [2.24, 2.45) is 0 Å². The number of amides is 2. The van der Waals surface area contributed by atoms with Gasteiger partial charge in [0.25, 0.3) is 11.8 Å². The number of hydrogen-bond donors (Lipinski definition) is 1. The first-order valence-corrected chi connectivity index (χ1v) is 9.38. The lowest BCUT2D eigenvalue weighted by Crippen LogP contribution is -2.27. The molecule has 2 amide bonds. The predicted octanol–water partition coefficient (Wildman–Crippen LogP) is 4.59. The van der Waals surface area contributed by atoms with Crippen LogP contribution in [0.4, 0.5) is 5.69 Å². The first kappa shape index (κ1) is 19.6. The molecule has 5 heteroatoms. The predicted molar refractivity (Wildman–Crippen MR) is 113 cm³/mol. The van der Waals surface area contributed by atoms with Gasteiger partial charge in [-0.2, -0.15) is 0 Å². The molecular formula is C23H21ClN2O2. The molecule has 0 bridgehead atoms. The van der Waals surface area contributed by atoms with Crippen LogP contribution >= 0.6 is 11.6 Å². The smallest absolute Gasteiger partial charge is 0.258 e. The summed E-state index contributed by atoms with van der Waals surface area (Å²) in [5.41, 5.74) is 2.93. The van der Waals surface area contributed by atoms with Gasteiger partial charge in [-0.1, -0.05) is 41.9 Å². The maximum Gasteiger partial charge on any atom is 0.258 e. The number of hydrogen-bond acceptors (Lipinski definition) is 2. The van der Waals surface area contributed by atoms with Gasteiger partial charge in [0.05, 0.1) is 0 Å². The number of rotatable bonds is 6. The summed E-state index contributed by atoms with van der Waals surface area (Å²) < 4.78 is 0. The molecule has 1 N–H and O–H groups in total. The van der Waals surface area contributed by atoms with Gasteiger partial charge in [-0.05, 0) is 60.5 Å². The summed E-state index contributed by atoms with van der Waals surface area (Å²) in [5, 5.41) is 3.57. The van der Waals surface area contributed by atoms with E-state index >= 15 is 0 Å². The van der Waals surface area contributed by atoms with Crippen LogP contribution in [0.5, 0.6) is 0 Å². The van der Waals surface area contributed by atoms with E-state index < -0.39 is 0 Å². The van der Waals surface area contributed by atoms with Gasteiger partial charge >= 0.3 is 0 Å². The minimum absolute atomic E-state index is 0.126. The van der Waals surface area contributed by atoms with Gasteiger partial charge in [-0.3, -0.25) is 9.59 Å². The molecule has 0 heterocycles. The zero-order valence-electron chi connectivity index (χ0n) is 15.6. The summed E-state index contributed by atoms with van der Waals surface area (Å²) in [6.45, 7) is 0.511. The average Bonchev–Trinajstić information content (AvgIpc) is 2.73. The standard InChI is InChI=1S/C23H21ClN2O2/c1-26(21-8-3-2-4-9-21)23(28)19-12-10-18(11-13-19)22(27)25-15-14-17-6-5-7-20(24)16-17/h2-13,16H,14-15H2,1H3,(H,25,27). The Morgan fingerprint density at radius 2 is 1.57 bits per heavy atom. The van der Waals surface area contributed by atoms with Crippen LogP contribution < -0.4 is 10.2 Å². The molecule has 0 saturated carbocycles. The van der Waals surface area contributed by atoms with Crippen molar-refractivity contribution in [1.29, 1.82) is 0 Å². The summed E-state index contributed by atoms with van der Waals surface area (Å²) in [6.07, 6.45) is 0.699. The molecule has 4 nitrogen and oxygen atoms in total. The van der Waals surface area contributed by atoms with Crippen LogP contribution in [0.1, 0.15) is 26.3 Å². The van der Waals surface area contributed by atoms with Gasteiger partial charge in [0.15, 0.2) is 0 Å². The molecular weight excluding hydrogens is 372 g/mol. The molecule has 142 valence electrons. The van der Waals surface area contributed by atoms with Gasteiger partial charge in [0.1, 0.15) is 0 Å². The number of halogens is 1. The van der Waals surface area contributed by atoms with Crippen LogP contribution in [0.15, 0.2) is 78.9 Å². The third kappa shape index (κ3) is 4.99. The van der Waals surface area contributed by atoms with Crippen molar-refractivity contribution in [2.45, 2.75) is 6.42 Å². The van der Waals surface area contributed by atoms with E-state index in [4.69, 9.17) is 11.6 Å². The van der Waals surface area contributed by atoms with E-state index in [0.29, 0.717) is 29.1 Å². The number of anilines is 1. The molecule has 28 heavy (non-hydrogen) atoms. The minimum atomic E-state index is -0.169. The quantitative estimate of drug-likeness (QED) is 0.667. The van der Waals surface area contributed by atoms with Crippen molar-refractivity contribution in [2.75, 3.05) is 18.5 Å². The molecule has 3 aromatic carbocycles. The Morgan fingerprint density at radius 3 is 2.25 bits per heavy atom. The number of nitrogens with zero attached hydrogens (tertiary/aromatic N) is 1. The summed E-state index contributed by atoms with van der Waals surface area (Å²) >= 11 is 5.97. The second-order valence-corrected chi connectivity index (χ2v) is 6.85. The van der Waals surface area contributed by atoms with Crippen LogP contribution in [0.25, 0.3) is 0 Å². The number of carbonyl (C=O) groups excluding carboxylic acids is 2. The number of carbonyl (C=O) groups is 2. The highest BCUT2D eigenvalue weighted by Gasteiger charge is 2.14. The summed E-state index contributed by atoms with van der Waals surface area (Å²) in [6, 6.07) is 23.7. The Kier molecular flexibility index (Phi) is 6.45. The highest BCUT2D eigenvalue weighted by Crippen LogP contribution is 2.15. The lowest BCUT2D eigenvalue weighted by atomic mass is 10.1. The molecule has 0 aliphatic heterocycles. The van der Waals surface area contributed by atoms with Crippen LogP contribution in [0, 0.1) is 0 Å². The fraction of sp³-hybridized carbons (Fsp3) is 0.130. The Hall–Kier alpha value is -3.11. The Bertz CT molecular complexity index is 956. The zero-order chi connectivity index (χ0) is 19.9. The van der Waals surface area contributed by atoms with Crippen molar-refractivity contribution in [3.05, 3.63) is 101 Å². The molecule has 0 aliphatic carbocycles. The lowest BCUT2D eigenvalue weighted by Gasteiger charge is -2.17. The molecule has 0 atom stereocenters. The molecule has 3 aromatic rings. The Balaban J connectivity index is 1.57. The molecule has 0 saturated heterocycles. The first-order valence-electron chi connectivity index (χ1n) is 9.00. The Labute approximate surface area is 169 Å². The summed E-state index contributed by atoms with van der Waals surface area (Å²) in [4.78, 5) is 26.5. The van der Waals surface area contributed by atoms with Crippen molar-refractivity contribution < 1.29 is 9.59 Å². The fourth-order valence-electron chi connectivity index (χ4n) is 2.84. The van der Waals surface area contributed by atoms with E-state index in [1.165, 1.54) is 0 Å². The maximum absolute atomic E-state index is 12.6. The minimum Gasteiger partial charge on any atom is -0.352 e. The monoisotopic (exact) mass is 392 g/mol. The highest BCUT2D eigenvalue weighted by atomic mass is 35.5. The van der Waals surface area contributed by atoms with Crippen molar-refractivity contribution in [3.63, 3.8) is 0 Å². The van der Waals surface area contributed by atoms with Gasteiger partial charge in [0.2, 0.25) is 0 Å². The fourth-order valence-corrected chi connectivity index (χ4v) is 3.05. The lowest BCUT2D eigenvalue weighted by molar-refractivity contribution is 0.0951. The molecule has 0 spiro atoms. The number of nitrogens with one attached hydrogen (secondary N) is 1. The first-order chi connectivity index (χ1) is 13.5. The summed E-state index contributed by atoms with van der Waals surface area (Å²) in [7, 11) is 1.73. The van der Waals surface area contributed by atoms with Crippen LogP contribution in [-0.4, -0.2) is 25.4 Å². The van der Waals surface area contributed by atoms with E-state index in [1.807, 2.05) is 54.6 Å². The number of benzene rings is 3. The van der Waals surface area contributed by atoms with Gasteiger partial charge in [0, 0.05) is 35.4 Å². The van der Waals surface area contributed by atoms with Crippen molar-refractivity contribution in [1.82, 2.24) is 5.32 Å². The molecule has 0 unspecified atom stereocenters. The zero-order valence-corrected chi connectivity index (χ0v) is 16.3. The van der Waals surface area contributed by atoms with Crippen LogP contribution in [0.3, 0.4) is 0 Å². The number of para-hydroxylation sites is 1. The van der Waals surface area contributed by atoms with Crippen molar-refractivity contribution in [3.8, 4) is 0 Å². The van der Waals surface area contributed by atoms with E-state index in [0.717, 1.165) is 11.3 Å². The van der Waals surface area contributed by atoms with E-state index in [2.05, 4.69) is 5.32 Å². The van der Waals surface area contributed by atoms with E-state index in [9.17, 15) is 9.59 Å². The van der Waals surface area contributed by atoms with Gasteiger partial charge in [-0.15, -0.1) is 0 Å². The highest BCUT2D eigenvalue weighted by molar-refractivity contribution is 6.30. The largest absolute Gasteiger partial charge is 0.352 e. The molecule has 0 aromatic heterocycles. The summed E-state index contributed by atoms with van der Waals surface area (Å²) in [5.74, 6) is -0.295. The average molecular weight is 393 g/mol. The molecule has 3 rings (SSSR count). The second kappa shape index (κ2) is 9.20. The maximum atomic E-state index is 12.6. The van der Waals surface area contributed by atoms with Crippen LogP contribution in [0.2, 0.25) is 5.02 Å². The SMILES string of the molecule is CN(C(=O)c1ccc(C(=O)NCCc2cccc(Cl)c2)cc1)c1ccccc1. The molecule has 0 fully saturated rings. The normalized spacial score (nSPS) is 10.4. The molecule has 0 aliphatic rings. The van der Waals surface area contributed by atoms with E-state index in [1.54, 1.807) is 36.2 Å². The van der Waals surface area contributed by atoms with Gasteiger partial charge < -0.3 is 10.2 Å². The third-order valence-electron chi connectivity index (χ3n) is 4.43. The van der Waals surface area contributed by atoms with Gasteiger partial charge in [-0.25, -0.2) is 0 Å². The van der Waals surface area contributed by atoms with Crippen LogP contribution in [-0.2, 0) is 6.42 Å². The van der Waals surface area contributed by atoms with Crippen molar-refractivity contribution >= 4 is 29.1 Å². The van der Waals surface area contributed by atoms with E-state index in [-0.39, 0.29) is 11.8 Å². The Morgan fingerprint density at radius 1 is 0.893 bits per heavy atom. The molecule has 0 radical (unpaired) electrons.